The SMILES string of the molecule is CC(CC(=O)O)c1ccc(COC2CCCC3(CCCCC3)C2)cc1. The summed E-state index contributed by atoms with van der Waals surface area (Å²) < 4.78 is 6.27. The van der Waals surface area contributed by atoms with Crippen molar-refractivity contribution in [2.45, 2.75) is 89.8 Å². The molecule has 3 heteroatoms. The minimum Gasteiger partial charge on any atom is -0.481 e. The van der Waals surface area contributed by atoms with Gasteiger partial charge >= 0.3 is 5.97 Å². The van der Waals surface area contributed by atoms with E-state index in [2.05, 4.69) is 24.3 Å². The van der Waals surface area contributed by atoms with Crippen LogP contribution in [0, 0.1) is 5.41 Å². The van der Waals surface area contributed by atoms with Gasteiger partial charge in [-0.25, -0.2) is 0 Å². The number of benzene rings is 1. The molecule has 2 aliphatic rings. The summed E-state index contributed by atoms with van der Waals surface area (Å²) in [6.45, 7) is 2.64. The van der Waals surface area contributed by atoms with Crippen LogP contribution in [0.4, 0.5) is 0 Å². The minimum absolute atomic E-state index is 0.0528. The van der Waals surface area contributed by atoms with E-state index in [1.54, 1.807) is 0 Å². The van der Waals surface area contributed by atoms with E-state index in [1.165, 1.54) is 63.4 Å². The molecule has 2 atom stereocenters. The number of rotatable bonds is 6. The molecule has 3 nitrogen and oxygen atoms in total. The molecule has 1 N–H and O–H groups in total. The molecule has 0 saturated heterocycles. The van der Waals surface area contributed by atoms with E-state index < -0.39 is 5.97 Å². The molecular formula is C22H32O3. The zero-order chi connectivity index (χ0) is 17.7. The first-order chi connectivity index (χ1) is 12.1. The van der Waals surface area contributed by atoms with Crippen LogP contribution >= 0.6 is 0 Å². The van der Waals surface area contributed by atoms with Crippen LogP contribution in [0.3, 0.4) is 0 Å². The molecule has 0 amide bonds. The van der Waals surface area contributed by atoms with Crippen molar-refractivity contribution in [1.29, 1.82) is 0 Å². The summed E-state index contributed by atoms with van der Waals surface area (Å²) in [5.41, 5.74) is 2.86. The summed E-state index contributed by atoms with van der Waals surface area (Å²) >= 11 is 0. The highest BCUT2D eigenvalue weighted by atomic mass is 16.5. The third-order valence-corrected chi connectivity index (χ3v) is 6.32. The predicted molar refractivity (Wildman–Crippen MR) is 99.7 cm³/mol. The van der Waals surface area contributed by atoms with Crippen LogP contribution in [-0.4, -0.2) is 17.2 Å². The van der Waals surface area contributed by atoms with Gasteiger partial charge in [-0.3, -0.25) is 4.79 Å². The van der Waals surface area contributed by atoms with Gasteiger partial charge in [0.1, 0.15) is 0 Å². The van der Waals surface area contributed by atoms with E-state index in [9.17, 15) is 4.79 Å². The van der Waals surface area contributed by atoms with Crippen molar-refractivity contribution in [3.8, 4) is 0 Å². The first-order valence-corrected chi connectivity index (χ1v) is 9.99. The van der Waals surface area contributed by atoms with Crippen LogP contribution in [0.1, 0.15) is 88.2 Å². The maximum Gasteiger partial charge on any atom is 0.303 e. The van der Waals surface area contributed by atoms with Gasteiger partial charge in [0, 0.05) is 0 Å². The second-order valence-corrected chi connectivity index (χ2v) is 8.33. The van der Waals surface area contributed by atoms with E-state index in [0.717, 1.165) is 5.56 Å². The fourth-order valence-electron chi connectivity index (χ4n) is 4.83. The molecule has 3 rings (SSSR count). The summed E-state index contributed by atoms with van der Waals surface area (Å²) in [6.07, 6.45) is 12.8. The highest BCUT2D eigenvalue weighted by molar-refractivity contribution is 5.67. The summed E-state index contributed by atoms with van der Waals surface area (Å²) in [6, 6.07) is 8.28. The second-order valence-electron chi connectivity index (χ2n) is 8.33. The zero-order valence-electron chi connectivity index (χ0n) is 15.5. The van der Waals surface area contributed by atoms with E-state index in [1.807, 2.05) is 6.92 Å². The molecule has 2 fully saturated rings. The monoisotopic (exact) mass is 344 g/mol. The maximum atomic E-state index is 10.8. The fraction of sp³-hybridized carbons (Fsp3) is 0.682. The Balaban J connectivity index is 1.50. The largest absolute Gasteiger partial charge is 0.481 e. The third kappa shape index (κ3) is 5.07. The fourth-order valence-corrected chi connectivity index (χ4v) is 4.83. The molecular weight excluding hydrogens is 312 g/mol. The zero-order valence-corrected chi connectivity index (χ0v) is 15.5. The average Bonchev–Trinajstić information content (AvgIpc) is 2.61. The van der Waals surface area contributed by atoms with Gasteiger partial charge in [0.2, 0.25) is 0 Å². The lowest BCUT2D eigenvalue weighted by atomic mass is 9.65. The lowest BCUT2D eigenvalue weighted by molar-refractivity contribution is -0.137. The van der Waals surface area contributed by atoms with Gasteiger partial charge in [-0.2, -0.15) is 0 Å². The van der Waals surface area contributed by atoms with Crippen molar-refractivity contribution >= 4 is 5.97 Å². The molecule has 2 aliphatic carbocycles. The summed E-state index contributed by atoms with van der Waals surface area (Å²) in [7, 11) is 0. The van der Waals surface area contributed by atoms with Crippen molar-refractivity contribution in [1.82, 2.24) is 0 Å². The first-order valence-electron chi connectivity index (χ1n) is 9.99. The minimum atomic E-state index is -0.742. The van der Waals surface area contributed by atoms with E-state index in [-0.39, 0.29) is 12.3 Å². The number of carboxylic acid groups (broad SMARTS) is 1. The molecule has 0 radical (unpaired) electrons. The Bertz CT molecular complexity index is 552. The standard InChI is InChI=1S/C22H32O3/c1-17(14-21(23)24)19-9-7-18(8-10-19)16-25-20-6-5-13-22(15-20)11-3-2-4-12-22/h7-10,17,20H,2-6,11-16H2,1H3,(H,23,24). The van der Waals surface area contributed by atoms with E-state index >= 15 is 0 Å². The Kier molecular flexibility index (Phi) is 6.16. The molecule has 2 saturated carbocycles. The molecule has 0 heterocycles. The van der Waals surface area contributed by atoms with Crippen LogP contribution in [0.15, 0.2) is 24.3 Å². The van der Waals surface area contributed by atoms with Gasteiger partial charge in [-0.05, 0) is 54.6 Å². The number of hydrogen-bond acceptors (Lipinski definition) is 2. The van der Waals surface area contributed by atoms with Crippen LogP contribution < -0.4 is 0 Å². The molecule has 1 aromatic rings. The quantitative estimate of drug-likeness (QED) is 0.722. The highest BCUT2D eigenvalue weighted by Crippen LogP contribution is 2.48. The van der Waals surface area contributed by atoms with Gasteiger partial charge in [0.25, 0.3) is 0 Å². The van der Waals surface area contributed by atoms with Gasteiger partial charge in [0.15, 0.2) is 0 Å². The molecule has 0 aromatic heterocycles. The summed E-state index contributed by atoms with van der Waals surface area (Å²) in [4.78, 5) is 10.8. The van der Waals surface area contributed by atoms with E-state index in [4.69, 9.17) is 9.84 Å². The number of ether oxygens (including phenoxy) is 1. The van der Waals surface area contributed by atoms with Crippen molar-refractivity contribution in [2.24, 2.45) is 5.41 Å². The molecule has 0 aliphatic heterocycles. The molecule has 1 spiro atoms. The summed E-state index contributed by atoms with van der Waals surface area (Å²) in [5.74, 6) is -0.689. The van der Waals surface area contributed by atoms with Gasteiger partial charge < -0.3 is 9.84 Å². The van der Waals surface area contributed by atoms with E-state index in [0.29, 0.717) is 18.1 Å². The Labute approximate surface area is 151 Å². The Hall–Kier alpha value is -1.35. The molecule has 1 aromatic carbocycles. The number of hydrogen-bond donors (Lipinski definition) is 1. The molecule has 138 valence electrons. The molecule has 0 bridgehead atoms. The lowest BCUT2D eigenvalue weighted by Gasteiger charge is -2.43. The van der Waals surface area contributed by atoms with Crippen molar-refractivity contribution in [2.75, 3.05) is 0 Å². The topological polar surface area (TPSA) is 46.5 Å². The lowest BCUT2D eigenvalue weighted by Crippen LogP contribution is -2.34. The maximum absolute atomic E-state index is 10.8. The van der Waals surface area contributed by atoms with Gasteiger partial charge in [0.05, 0.1) is 19.1 Å². The number of carboxylic acids is 1. The predicted octanol–water partition coefficient (Wildman–Crippen LogP) is 5.67. The summed E-state index contributed by atoms with van der Waals surface area (Å²) in [5, 5.41) is 8.91. The van der Waals surface area contributed by atoms with Crippen LogP contribution in [0.25, 0.3) is 0 Å². The molecule has 2 unspecified atom stereocenters. The van der Waals surface area contributed by atoms with Crippen LogP contribution in [0.2, 0.25) is 0 Å². The van der Waals surface area contributed by atoms with Gasteiger partial charge in [-0.1, -0.05) is 56.9 Å². The number of aliphatic carboxylic acids is 1. The Morgan fingerprint density at radius 2 is 1.84 bits per heavy atom. The van der Waals surface area contributed by atoms with Crippen LogP contribution in [0.5, 0.6) is 0 Å². The Morgan fingerprint density at radius 3 is 2.52 bits per heavy atom. The van der Waals surface area contributed by atoms with Gasteiger partial charge in [-0.15, -0.1) is 0 Å². The van der Waals surface area contributed by atoms with Crippen molar-refractivity contribution < 1.29 is 14.6 Å². The first kappa shape index (κ1) is 18.4. The normalized spacial score (nSPS) is 24.1. The van der Waals surface area contributed by atoms with Crippen molar-refractivity contribution in [3.63, 3.8) is 0 Å². The van der Waals surface area contributed by atoms with Crippen LogP contribution in [-0.2, 0) is 16.1 Å². The molecule has 25 heavy (non-hydrogen) atoms. The highest BCUT2D eigenvalue weighted by Gasteiger charge is 2.37. The van der Waals surface area contributed by atoms with Crippen molar-refractivity contribution in [3.05, 3.63) is 35.4 Å². The third-order valence-electron chi connectivity index (χ3n) is 6.32. The smallest absolute Gasteiger partial charge is 0.303 e. The average molecular weight is 344 g/mol. The second kappa shape index (κ2) is 8.35. The Morgan fingerprint density at radius 1 is 1.16 bits per heavy atom. The number of carbonyl (C=O) groups is 1.